The Morgan fingerprint density at radius 1 is 1.19 bits per heavy atom. The molecule has 0 saturated carbocycles. The van der Waals surface area contributed by atoms with E-state index in [1.165, 1.54) is 37.8 Å². The van der Waals surface area contributed by atoms with Crippen molar-refractivity contribution < 1.29 is 19.0 Å². The maximum absolute atomic E-state index is 12.9. The fourth-order valence-electron chi connectivity index (χ4n) is 3.50. The highest BCUT2D eigenvalue weighted by Crippen LogP contribution is 2.46. The van der Waals surface area contributed by atoms with Crippen LogP contribution in [0.3, 0.4) is 0 Å². The van der Waals surface area contributed by atoms with E-state index in [2.05, 4.69) is 15.2 Å². The summed E-state index contributed by atoms with van der Waals surface area (Å²) in [6, 6.07) is 10.7. The smallest absolute Gasteiger partial charge is 0.247 e. The highest BCUT2D eigenvalue weighted by atomic mass is 35.5. The summed E-state index contributed by atoms with van der Waals surface area (Å²) in [5.74, 6) is 1.73. The van der Waals surface area contributed by atoms with Crippen molar-refractivity contribution in [2.45, 2.75) is 25.2 Å². The molecule has 166 valence electrons. The van der Waals surface area contributed by atoms with Crippen molar-refractivity contribution in [3.63, 3.8) is 0 Å². The molecule has 32 heavy (non-hydrogen) atoms. The van der Waals surface area contributed by atoms with Gasteiger partial charge in [-0.2, -0.15) is 4.98 Å². The van der Waals surface area contributed by atoms with Crippen LogP contribution < -0.4 is 19.1 Å². The molecule has 0 bridgehead atoms. The van der Waals surface area contributed by atoms with Crippen LogP contribution in [0.25, 0.3) is 11.3 Å². The van der Waals surface area contributed by atoms with E-state index in [4.69, 9.17) is 25.8 Å². The zero-order valence-electron chi connectivity index (χ0n) is 18.0. The van der Waals surface area contributed by atoms with Gasteiger partial charge in [0.15, 0.2) is 17.2 Å². The second kappa shape index (κ2) is 9.22. The van der Waals surface area contributed by atoms with E-state index in [1.54, 1.807) is 12.1 Å². The number of methoxy groups -OCH3 is 2. The molecule has 1 aromatic heterocycles. The molecule has 0 N–H and O–H groups in total. The van der Waals surface area contributed by atoms with E-state index in [9.17, 15) is 4.79 Å². The van der Waals surface area contributed by atoms with Gasteiger partial charge in [0.05, 0.1) is 24.9 Å². The van der Waals surface area contributed by atoms with Crippen molar-refractivity contribution in [1.82, 2.24) is 15.2 Å². The number of aromatic nitrogens is 3. The molecule has 1 amide bonds. The van der Waals surface area contributed by atoms with Gasteiger partial charge in [-0.1, -0.05) is 48.5 Å². The molecule has 8 nitrogen and oxygen atoms in total. The number of carbonyl (C=O) groups is 1. The lowest BCUT2D eigenvalue weighted by atomic mass is 10.1. The summed E-state index contributed by atoms with van der Waals surface area (Å²) in [5, 5.41) is 9.42. The van der Waals surface area contributed by atoms with Gasteiger partial charge in [-0.25, -0.2) is 0 Å². The number of benzene rings is 2. The number of amides is 1. The Morgan fingerprint density at radius 3 is 2.59 bits per heavy atom. The van der Waals surface area contributed by atoms with Crippen molar-refractivity contribution >= 4 is 35.0 Å². The molecule has 2 aromatic carbocycles. The first-order chi connectivity index (χ1) is 15.5. The van der Waals surface area contributed by atoms with Gasteiger partial charge in [0, 0.05) is 24.1 Å². The van der Waals surface area contributed by atoms with E-state index in [0.29, 0.717) is 44.2 Å². The standard InChI is InChI=1S/C22H21ClN4O4S/c1-5-32-22-24-20-19(25-26-22)13-8-6-7-9-16(13)27(12(2)28)21(31-20)14-10-17(29-3)18(30-4)11-15(14)23/h6-11,21H,5H2,1-4H3/t21-/m1/s1. The molecule has 0 radical (unpaired) electrons. The number of carbonyl (C=O) groups excluding carboxylic acids is 1. The fraction of sp³-hybridized carbons (Fsp3) is 0.273. The Kier molecular flexibility index (Phi) is 6.38. The van der Waals surface area contributed by atoms with E-state index >= 15 is 0 Å². The predicted octanol–water partition coefficient (Wildman–Crippen LogP) is 4.77. The van der Waals surface area contributed by atoms with Crippen LogP contribution in [0, 0.1) is 0 Å². The fourth-order valence-corrected chi connectivity index (χ4v) is 4.26. The van der Waals surface area contributed by atoms with Crippen LogP contribution in [0.1, 0.15) is 25.6 Å². The topological polar surface area (TPSA) is 86.7 Å². The molecule has 3 aromatic rings. The van der Waals surface area contributed by atoms with E-state index in [0.717, 1.165) is 5.75 Å². The Balaban J connectivity index is 1.97. The maximum atomic E-state index is 12.9. The minimum Gasteiger partial charge on any atom is -0.493 e. The Labute approximate surface area is 194 Å². The van der Waals surface area contributed by atoms with Crippen LogP contribution in [0.15, 0.2) is 41.6 Å². The summed E-state index contributed by atoms with van der Waals surface area (Å²) in [6.07, 6.45) is -0.918. The molecule has 0 unspecified atom stereocenters. The van der Waals surface area contributed by atoms with Gasteiger partial charge in [0.25, 0.3) is 0 Å². The first kappa shape index (κ1) is 22.2. The summed E-state index contributed by atoms with van der Waals surface area (Å²) in [4.78, 5) is 19.0. The molecule has 1 aliphatic rings. The van der Waals surface area contributed by atoms with E-state index in [1.807, 2.05) is 31.2 Å². The summed E-state index contributed by atoms with van der Waals surface area (Å²) in [5.41, 5.74) is 2.27. The number of rotatable bonds is 5. The normalized spacial score (nSPS) is 14.7. The van der Waals surface area contributed by atoms with Crippen molar-refractivity contribution in [3.8, 4) is 28.6 Å². The summed E-state index contributed by atoms with van der Waals surface area (Å²) < 4.78 is 17.1. The molecule has 4 rings (SSSR count). The lowest BCUT2D eigenvalue weighted by Gasteiger charge is -2.30. The number of anilines is 1. The Hall–Kier alpha value is -3.04. The van der Waals surface area contributed by atoms with Crippen LogP contribution in [-0.4, -0.2) is 41.1 Å². The van der Waals surface area contributed by atoms with Crippen LogP contribution in [0.5, 0.6) is 17.4 Å². The largest absolute Gasteiger partial charge is 0.493 e. The predicted molar refractivity (Wildman–Crippen MR) is 123 cm³/mol. The number of thioether (sulfide) groups is 1. The molecule has 1 aliphatic heterocycles. The second-order valence-corrected chi connectivity index (χ2v) is 8.42. The Morgan fingerprint density at radius 2 is 1.91 bits per heavy atom. The summed E-state index contributed by atoms with van der Waals surface area (Å²) in [6.45, 7) is 3.47. The van der Waals surface area contributed by atoms with Crippen molar-refractivity contribution in [2.75, 3.05) is 24.9 Å². The molecular formula is C22H21ClN4O4S. The lowest BCUT2D eigenvalue weighted by molar-refractivity contribution is -0.118. The third-order valence-corrected chi connectivity index (χ3v) is 5.94. The van der Waals surface area contributed by atoms with Gasteiger partial charge in [0.1, 0.15) is 0 Å². The van der Waals surface area contributed by atoms with Gasteiger partial charge >= 0.3 is 0 Å². The van der Waals surface area contributed by atoms with E-state index < -0.39 is 6.23 Å². The maximum Gasteiger partial charge on any atom is 0.247 e. The van der Waals surface area contributed by atoms with Gasteiger partial charge < -0.3 is 14.2 Å². The minimum absolute atomic E-state index is 0.239. The molecule has 1 atom stereocenters. The number of hydrogen-bond donors (Lipinski definition) is 0. The SMILES string of the molecule is CCSc1nnc2c(n1)O[C@H](c1cc(OC)c(OC)cc1Cl)N(C(C)=O)c1ccccc1-2. The zero-order valence-corrected chi connectivity index (χ0v) is 19.5. The first-order valence-corrected chi connectivity index (χ1v) is 11.2. The molecule has 10 heteroatoms. The van der Waals surface area contributed by atoms with Gasteiger partial charge in [-0.3, -0.25) is 9.69 Å². The molecular weight excluding hydrogens is 452 g/mol. The van der Waals surface area contributed by atoms with Gasteiger partial charge in [-0.05, 0) is 17.9 Å². The van der Waals surface area contributed by atoms with Crippen LogP contribution in [0.2, 0.25) is 5.02 Å². The highest BCUT2D eigenvalue weighted by Gasteiger charge is 2.36. The first-order valence-electron chi connectivity index (χ1n) is 9.83. The molecule has 0 aliphatic carbocycles. The molecule has 2 heterocycles. The van der Waals surface area contributed by atoms with Crippen LogP contribution >= 0.6 is 23.4 Å². The van der Waals surface area contributed by atoms with Crippen LogP contribution in [0.4, 0.5) is 5.69 Å². The third kappa shape index (κ3) is 3.93. The highest BCUT2D eigenvalue weighted by molar-refractivity contribution is 7.99. The monoisotopic (exact) mass is 472 g/mol. The van der Waals surface area contributed by atoms with Gasteiger partial charge in [-0.15, -0.1) is 10.2 Å². The average Bonchev–Trinajstić information content (AvgIpc) is 2.93. The average molecular weight is 473 g/mol. The number of hydrogen-bond acceptors (Lipinski definition) is 8. The summed E-state index contributed by atoms with van der Waals surface area (Å²) in [7, 11) is 3.06. The van der Waals surface area contributed by atoms with Crippen molar-refractivity contribution in [1.29, 1.82) is 0 Å². The quantitative estimate of drug-likeness (QED) is 0.491. The van der Waals surface area contributed by atoms with Gasteiger partial charge in [0.2, 0.25) is 23.2 Å². The van der Waals surface area contributed by atoms with E-state index in [-0.39, 0.29) is 11.8 Å². The summed E-state index contributed by atoms with van der Waals surface area (Å²) >= 11 is 8.07. The number of ether oxygens (including phenoxy) is 3. The Bertz CT molecular complexity index is 1180. The molecule has 0 spiro atoms. The molecule has 0 fully saturated rings. The van der Waals surface area contributed by atoms with Crippen molar-refractivity contribution in [3.05, 3.63) is 47.0 Å². The number of nitrogens with zero attached hydrogens (tertiary/aromatic N) is 4. The molecule has 0 saturated heterocycles. The second-order valence-electron chi connectivity index (χ2n) is 6.79. The van der Waals surface area contributed by atoms with Crippen LogP contribution in [-0.2, 0) is 4.79 Å². The number of para-hydroxylation sites is 1. The third-order valence-electron chi connectivity index (χ3n) is 4.89. The lowest BCUT2D eigenvalue weighted by Crippen LogP contribution is -2.36. The number of fused-ring (bicyclic) bond motifs is 3. The van der Waals surface area contributed by atoms with Crippen molar-refractivity contribution in [2.24, 2.45) is 0 Å². The minimum atomic E-state index is -0.918. The zero-order chi connectivity index (χ0) is 22.8. The number of halogens is 1.